The first-order valence-corrected chi connectivity index (χ1v) is 9.42. The first-order valence-electron chi connectivity index (χ1n) is 9.42. The molecule has 134 valence electrons. The maximum atomic E-state index is 13.0. The van der Waals surface area contributed by atoms with Gasteiger partial charge in [0.15, 0.2) is 5.78 Å². The average Bonchev–Trinajstić information content (AvgIpc) is 2.82. The van der Waals surface area contributed by atoms with Crippen molar-refractivity contribution in [1.82, 2.24) is 4.90 Å². The van der Waals surface area contributed by atoms with Crippen LogP contribution in [0.1, 0.15) is 32.3 Å². The predicted octanol–water partition coefficient (Wildman–Crippen LogP) is 1.02. The fourth-order valence-electron chi connectivity index (χ4n) is 5.13. The van der Waals surface area contributed by atoms with E-state index in [4.69, 9.17) is 0 Å². The summed E-state index contributed by atoms with van der Waals surface area (Å²) in [5.41, 5.74) is 3.42. The molecule has 4 atom stereocenters. The lowest BCUT2D eigenvalue weighted by Crippen LogP contribution is -3.13. The molecule has 2 N–H and O–H groups in total. The zero-order valence-corrected chi connectivity index (χ0v) is 15.5. The molecule has 2 aliphatic heterocycles. The zero-order valence-electron chi connectivity index (χ0n) is 15.5. The van der Waals surface area contributed by atoms with Gasteiger partial charge in [-0.25, -0.2) is 0 Å². The minimum Gasteiger partial charge on any atom is -0.387 e. The highest BCUT2D eigenvalue weighted by molar-refractivity contribution is 5.98. The second-order valence-electron chi connectivity index (χ2n) is 8.94. The fraction of sp³-hybridized carbons (Fsp3) is 0.571. The first-order chi connectivity index (χ1) is 11.9. The van der Waals surface area contributed by atoms with Crippen LogP contribution in [0.5, 0.6) is 0 Å². The SMILES string of the molecule is C[NH+]1C[C@@H]2[C@@H](C3=C(CC(C)(C)CC3=O)N2Cc2ccccc2)[C@@H](O)C1. The van der Waals surface area contributed by atoms with E-state index in [2.05, 4.69) is 50.1 Å². The molecule has 25 heavy (non-hydrogen) atoms. The van der Waals surface area contributed by atoms with Crippen molar-refractivity contribution in [2.45, 2.75) is 45.4 Å². The summed E-state index contributed by atoms with van der Waals surface area (Å²) in [5, 5.41) is 10.8. The fourth-order valence-corrected chi connectivity index (χ4v) is 5.13. The average molecular weight is 341 g/mol. The Morgan fingerprint density at radius 3 is 2.64 bits per heavy atom. The Bertz CT molecular complexity index is 710. The molecular formula is C21H29N2O2+. The quantitative estimate of drug-likeness (QED) is 0.844. The molecule has 0 radical (unpaired) electrons. The molecule has 2 heterocycles. The maximum Gasteiger partial charge on any atom is 0.161 e. The number of quaternary nitrogens is 1. The molecule has 1 unspecified atom stereocenters. The van der Waals surface area contributed by atoms with Gasteiger partial charge in [-0.1, -0.05) is 44.2 Å². The van der Waals surface area contributed by atoms with Crippen molar-refractivity contribution in [3.05, 3.63) is 47.2 Å². The number of rotatable bonds is 2. The van der Waals surface area contributed by atoms with Crippen molar-refractivity contribution in [2.24, 2.45) is 11.3 Å². The Morgan fingerprint density at radius 2 is 1.92 bits per heavy atom. The first kappa shape index (κ1) is 16.8. The van der Waals surface area contributed by atoms with E-state index in [9.17, 15) is 9.90 Å². The second-order valence-corrected chi connectivity index (χ2v) is 8.94. The molecule has 0 aromatic heterocycles. The highest BCUT2D eigenvalue weighted by Crippen LogP contribution is 2.48. The second kappa shape index (κ2) is 5.96. The lowest BCUT2D eigenvalue weighted by atomic mass is 9.72. The minimum atomic E-state index is -0.422. The van der Waals surface area contributed by atoms with Crippen LogP contribution in [0.3, 0.4) is 0 Å². The third kappa shape index (κ3) is 2.91. The Balaban J connectivity index is 1.75. The van der Waals surface area contributed by atoms with Crippen molar-refractivity contribution < 1.29 is 14.8 Å². The molecule has 1 aliphatic carbocycles. The molecule has 3 aliphatic rings. The number of carbonyl (C=O) groups is 1. The van der Waals surface area contributed by atoms with Crippen LogP contribution in [0.15, 0.2) is 41.6 Å². The molecule has 0 spiro atoms. The van der Waals surface area contributed by atoms with Crippen molar-refractivity contribution >= 4 is 5.78 Å². The monoisotopic (exact) mass is 341 g/mol. The van der Waals surface area contributed by atoms with Crippen molar-refractivity contribution in [3.63, 3.8) is 0 Å². The van der Waals surface area contributed by atoms with Crippen molar-refractivity contribution in [1.29, 1.82) is 0 Å². The van der Waals surface area contributed by atoms with Gasteiger partial charge in [0, 0.05) is 30.2 Å². The summed E-state index contributed by atoms with van der Waals surface area (Å²) >= 11 is 0. The third-order valence-corrected chi connectivity index (χ3v) is 6.12. The molecule has 0 amide bonds. The van der Waals surface area contributed by atoms with Crippen LogP contribution in [-0.2, 0) is 11.3 Å². The van der Waals surface area contributed by atoms with E-state index in [0.29, 0.717) is 6.42 Å². The van der Waals surface area contributed by atoms with Crippen molar-refractivity contribution in [3.8, 4) is 0 Å². The number of aliphatic hydroxyl groups is 1. The van der Waals surface area contributed by atoms with Crippen LogP contribution >= 0.6 is 0 Å². The third-order valence-electron chi connectivity index (χ3n) is 6.12. The van der Waals surface area contributed by atoms with Crippen LogP contribution in [-0.4, -0.2) is 48.1 Å². The van der Waals surface area contributed by atoms with Crippen molar-refractivity contribution in [2.75, 3.05) is 20.1 Å². The number of nitrogens with one attached hydrogen (secondary N) is 1. The standard InChI is InChI=1S/C21H28N2O2/c1-21(2)9-15-19(17(24)10-21)20-16(12-22(3)13-18(20)25)23(15)11-14-7-5-4-6-8-14/h4-8,16,18,20,25H,9-13H2,1-3H3/p+1/t16-,18+,20-/m1/s1. The number of allylic oxidation sites excluding steroid dienone is 1. The molecule has 1 aromatic carbocycles. The van der Waals surface area contributed by atoms with Crippen LogP contribution in [0.25, 0.3) is 0 Å². The largest absolute Gasteiger partial charge is 0.387 e. The van der Waals surface area contributed by atoms with E-state index in [1.54, 1.807) is 0 Å². The number of hydrogen-bond donors (Lipinski definition) is 2. The molecule has 1 fully saturated rings. The molecule has 1 saturated heterocycles. The van der Waals surface area contributed by atoms with E-state index in [0.717, 1.165) is 31.6 Å². The lowest BCUT2D eigenvalue weighted by Gasteiger charge is -2.39. The van der Waals surface area contributed by atoms with Crippen LogP contribution in [0.4, 0.5) is 0 Å². The maximum absolute atomic E-state index is 13.0. The summed E-state index contributed by atoms with van der Waals surface area (Å²) in [5.74, 6) is 0.251. The van der Waals surface area contributed by atoms with E-state index in [-0.39, 0.29) is 23.2 Å². The van der Waals surface area contributed by atoms with Gasteiger partial charge in [0.1, 0.15) is 12.6 Å². The van der Waals surface area contributed by atoms with Gasteiger partial charge in [-0.3, -0.25) is 4.79 Å². The van der Waals surface area contributed by atoms with Gasteiger partial charge in [0.25, 0.3) is 0 Å². The summed E-state index contributed by atoms with van der Waals surface area (Å²) in [6, 6.07) is 10.7. The predicted molar refractivity (Wildman–Crippen MR) is 96.9 cm³/mol. The van der Waals surface area contributed by atoms with E-state index < -0.39 is 6.10 Å². The number of nitrogens with zero attached hydrogens (tertiary/aromatic N) is 1. The summed E-state index contributed by atoms with van der Waals surface area (Å²) < 4.78 is 0. The van der Waals surface area contributed by atoms with Crippen LogP contribution in [0, 0.1) is 11.3 Å². The number of likely N-dealkylation sites (tertiary alicyclic amines) is 1. The lowest BCUT2D eigenvalue weighted by molar-refractivity contribution is -0.891. The summed E-state index contributed by atoms with van der Waals surface area (Å²) in [7, 11) is 2.14. The number of Topliss-reactive ketones (excluding diaryl/α,β-unsaturated/α-hetero) is 1. The minimum absolute atomic E-state index is 0.00204. The Labute approximate surface area is 150 Å². The normalized spacial score (nSPS) is 34.1. The Morgan fingerprint density at radius 1 is 1.20 bits per heavy atom. The van der Waals surface area contributed by atoms with Gasteiger partial charge in [0.2, 0.25) is 0 Å². The molecular weight excluding hydrogens is 312 g/mol. The van der Waals surface area contributed by atoms with E-state index in [1.165, 1.54) is 16.2 Å². The number of likely N-dealkylation sites (N-methyl/N-ethyl adjacent to an activating group) is 1. The number of fused-ring (bicyclic) bond motifs is 2. The number of aliphatic hydroxyl groups excluding tert-OH is 1. The summed E-state index contributed by atoms with van der Waals surface area (Å²) in [4.78, 5) is 16.8. The van der Waals surface area contributed by atoms with Gasteiger partial charge in [-0.15, -0.1) is 0 Å². The molecule has 0 saturated carbocycles. The Kier molecular flexibility index (Phi) is 4.00. The van der Waals surface area contributed by atoms with Gasteiger partial charge in [-0.05, 0) is 17.4 Å². The molecule has 0 bridgehead atoms. The van der Waals surface area contributed by atoms with E-state index >= 15 is 0 Å². The van der Waals surface area contributed by atoms with Gasteiger partial charge >= 0.3 is 0 Å². The van der Waals surface area contributed by atoms with E-state index in [1.807, 2.05) is 6.07 Å². The highest BCUT2D eigenvalue weighted by atomic mass is 16.3. The smallest absolute Gasteiger partial charge is 0.161 e. The molecule has 4 rings (SSSR count). The summed E-state index contributed by atoms with van der Waals surface area (Å²) in [6.07, 6.45) is 1.11. The molecule has 1 aromatic rings. The van der Waals surface area contributed by atoms with Crippen LogP contribution in [0.2, 0.25) is 0 Å². The van der Waals surface area contributed by atoms with Gasteiger partial charge in [0.05, 0.1) is 19.6 Å². The summed E-state index contributed by atoms with van der Waals surface area (Å²) in [6.45, 7) is 6.91. The number of hydrogen-bond acceptors (Lipinski definition) is 3. The molecule has 4 nitrogen and oxygen atoms in total. The zero-order chi connectivity index (χ0) is 17.8. The number of ketones is 1. The number of piperidine rings is 1. The van der Waals surface area contributed by atoms with Crippen LogP contribution < -0.4 is 4.90 Å². The Hall–Kier alpha value is -1.65. The topological polar surface area (TPSA) is 45.0 Å². The van der Waals surface area contributed by atoms with Gasteiger partial charge in [-0.2, -0.15) is 0 Å². The highest BCUT2D eigenvalue weighted by Gasteiger charge is 2.53. The number of carbonyl (C=O) groups excluding carboxylic acids is 1. The number of benzene rings is 1. The van der Waals surface area contributed by atoms with Gasteiger partial charge < -0.3 is 14.9 Å². The molecule has 4 heteroatoms.